The van der Waals surface area contributed by atoms with E-state index in [1.54, 1.807) is 4.57 Å². The van der Waals surface area contributed by atoms with Crippen molar-refractivity contribution in [3.05, 3.63) is 40.8 Å². The van der Waals surface area contributed by atoms with Crippen molar-refractivity contribution in [2.24, 2.45) is 0 Å². The topological polar surface area (TPSA) is 31.2 Å². The highest BCUT2D eigenvalue weighted by Gasteiger charge is 2.05. The highest BCUT2D eigenvalue weighted by atomic mass is 16.5. The smallest absolute Gasteiger partial charge is 0.258 e. The molecule has 0 aliphatic heterocycles. The van der Waals surface area contributed by atoms with Crippen LogP contribution >= 0.6 is 0 Å². The van der Waals surface area contributed by atoms with Crippen LogP contribution in [0.4, 0.5) is 0 Å². The van der Waals surface area contributed by atoms with Gasteiger partial charge in [0.15, 0.2) is 0 Å². The van der Waals surface area contributed by atoms with E-state index in [9.17, 15) is 4.79 Å². The van der Waals surface area contributed by atoms with Crippen LogP contribution in [0.3, 0.4) is 0 Å². The lowest BCUT2D eigenvalue weighted by Crippen LogP contribution is -2.19. The van der Waals surface area contributed by atoms with E-state index in [1.165, 1.54) is 0 Å². The van der Waals surface area contributed by atoms with E-state index in [0.717, 1.165) is 35.9 Å². The maximum atomic E-state index is 12.3. The van der Waals surface area contributed by atoms with Gasteiger partial charge in [0.1, 0.15) is 5.75 Å². The Bertz CT molecular complexity index is 614. The van der Waals surface area contributed by atoms with Crippen molar-refractivity contribution >= 4 is 10.8 Å². The number of fused-ring (bicyclic) bond motifs is 1. The zero-order valence-electron chi connectivity index (χ0n) is 11.8. The number of unbranched alkanes of at least 4 members (excludes halogenated alkanes) is 1. The normalized spacial score (nSPS) is 11.2. The van der Waals surface area contributed by atoms with Crippen molar-refractivity contribution in [2.75, 3.05) is 0 Å². The Hall–Kier alpha value is -1.77. The lowest BCUT2D eigenvalue weighted by Gasteiger charge is -2.11. The summed E-state index contributed by atoms with van der Waals surface area (Å²) in [6.45, 7) is 6.90. The third-order valence-corrected chi connectivity index (χ3v) is 3.07. The Balaban J connectivity index is 2.39. The summed E-state index contributed by atoms with van der Waals surface area (Å²) in [6.07, 6.45) is 4.13. The second-order valence-electron chi connectivity index (χ2n) is 5.08. The zero-order chi connectivity index (χ0) is 13.8. The minimum atomic E-state index is 0.0852. The van der Waals surface area contributed by atoms with Gasteiger partial charge in [0.05, 0.1) is 6.10 Å². The number of rotatable bonds is 5. The molecule has 3 nitrogen and oxygen atoms in total. The molecule has 0 aliphatic rings. The van der Waals surface area contributed by atoms with Crippen LogP contribution in [-0.4, -0.2) is 10.7 Å². The van der Waals surface area contributed by atoms with Crippen molar-refractivity contribution in [3.8, 4) is 5.75 Å². The van der Waals surface area contributed by atoms with Crippen LogP contribution in [-0.2, 0) is 6.54 Å². The first-order valence-electron chi connectivity index (χ1n) is 6.91. The third-order valence-electron chi connectivity index (χ3n) is 3.07. The van der Waals surface area contributed by atoms with Gasteiger partial charge in [-0.05, 0) is 49.9 Å². The summed E-state index contributed by atoms with van der Waals surface area (Å²) in [5, 5.41) is 1.70. The number of nitrogens with zero attached hydrogens (tertiary/aromatic N) is 1. The summed E-state index contributed by atoms with van der Waals surface area (Å²) in [7, 11) is 0. The SMILES string of the molecule is CCCCn1ccc2cc(OC(C)C)ccc2c1=O. The monoisotopic (exact) mass is 259 g/mol. The zero-order valence-corrected chi connectivity index (χ0v) is 11.8. The molecule has 0 atom stereocenters. The fourth-order valence-corrected chi connectivity index (χ4v) is 2.12. The predicted octanol–water partition coefficient (Wildman–Crippen LogP) is 3.59. The van der Waals surface area contributed by atoms with E-state index in [1.807, 2.05) is 44.3 Å². The third kappa shape index (κ3) is 3.16. The van der Waals surface area contributed by atoms with Crippen molar-refractivity contribution < 1.29 is 4.74 Å². The Morgan fingerprint density at radius 2 is 2.05 bits per heavy atom. The first-order chi connectivity index (χ1) is 9.11. The Labute approximate surface area is 113 Å². The van der Waals surface area contributed by atoms with Gasteiger partial charge in [-0.3, -0.25) is 4.79 Å². The van der Waals surface area contributed by atoms with E-state index in [2.05, 4.69) is 6.92 Å². The molecule has 0 fully saturated rings. The molecule has 1 aromatic carbocycles. The molecule has 0 saturated heterocycles. The first kappa shape index (κ1) is 13.7. The molecule has 102 valence electrons. The van der Waals surface area contributed by atoms with Gasteiger partial charge in [-0.2, -0.15) is 0 Å². The van der Waals surface area contributed by atoms with Gasteiger partial charge >= 0.3 is 0 Å². The molecule has 1 aromatic heterocycles. The average molecular weight is 259 g/mol. The van der Waals surface area contributed by atoms with Crippen LogP contribution in [0.15, 0.2) is 35.3 Å². The van der Waals surface area contributed by atoms with Crippen LogP contribution < -0.4 is 10.3 Å². The van der Waals surface area contributed by atoms with Gasteiger partial charge in [-0.1, -0.05) is 13.3 Å². The van der Waals surface area contributed by atoms with Gasteiger partial charge in [0.25, 0.3) is 5.56 Å². The minimum Gasteiger partial charge on any atom is -0.491 e. The van der Waals surface area contributed by atoms with Crippen molar-refractivity contribution in [1.82, 2.24) is 4.57 Å². The summed E-state index contributed by atoms with van der Waals surface area (Å²) < 4.78 is 7.43. The minimum absolute atomic E-state index is 0.0852. The molecule has 0 radical (unpaired) electrons. The van der Waals surface area contributed by atoms with E-state index in [4.69, 9.17) is 4.74 Å². The number of ether oxygens (including phenoxy) is 1. The summed E-state index contributed by atoms with van der Waals surface area (Å²) in [5.41, 5.74) is 0.0852. The van der Waals surface area contributed by atoms with Gasteiger partial charge in [0, 0.05) is 18.1 Å². The Kier molecular flexibility index (Phi) is 4.25. The fourth-order valence-electron chi connectivity index (χ4n) is 2.12. The van der Waals surface area contributed by atoms with Gasteiger partial charge in [-0.15, -0.1) is 0 Å². The average Bonchev–Trinajstić information content (AvgIpc) is 2.37. The summed E-state index contributed by atoms with van der Waals surface area (Å²) in [4.78, 5) is 12.3. The lowest BCUT2D eigenvalue weighted by molar-refractivity contribution is 0.243. The molecule has 1 heterocycles. The quantitative estimate of drug-likeness (QED) is 0.821. The van der Waals surface area contributed by atoms with Gasteiger partial charge < -0.3 is 9.30 Å². The number of aromatic nitrogens is 1. The van der Waals surface area contributed by atoms with Gasteiger partial charge in [0.2, 0.25) is 0 Å². The van der Waals surface area contributed by atoms with E-state index < -0.39 is 0 Å². The molecule has 19 heavy (non-hydrogen) atoms. The largest absolute Gasteiger partial charge is 0.491 e. The number of benzene rings is 1. The molecular formula is C16H21NO2. The Morgan fingerprint density at radius 1 is 1.26 bits per heavy atom. The van der Waals surface area contributed by atoms with Crippen LogP contribution in [0, 0.1) is 0 Å². The van der Waals surface area contributed by atoms with Crippen molar-refractivity contribution in [3.63, 3.8) is 0 Å². The number of hydrogen-bond donors (Lipinski definition) is 0. The number of hydrogen-bond acceptors (Lipinski definition) is 2. The molecule has 3 heteroatoms. The van der Waals surface area contributed by atoms with Crippen molar-refractivity contribution in [2.45, 2.75) is 46.3 Å². The lowest BCUT2D eigenvalue weighted by atomic mass is 10.1. The fraction of sp³-hybridized carbons (Fsp3) is 0.438. The first-order valence-corrected chi connectivity index (χ1v) is 6.91. The molecule has 0 aliphatic carbocycles. The van der Waals surface area contributed by atoms with Crippen LogP contribution in [0.1, 0.15) is 33.6 Å². The predicted molar refractivity (Wildman–Crippen MR) is 78.9 cm³/mol. The molecule has 0 amide bonds. The number of aryl methyl sites for hydroxylation is 1. The van der Waals surface area contributed by atoms with Crippen LogP contribution in [0.5, 0.6) is 5.75 Å². The van der Waals surface area contributed by atoms with Crippen LogP contribution in [0.25, 0.3) is 10.8 Å². The number of pyridine rings is 1. The standard InChI is InChI=1S/C16H21NO2/c1-4-5-9-17-10-8-13-11-14(19-12(2)3)6-7-15(13)16(17)18/h6-8,10-12H,4-5,9H2,1-3H3. The highest BCUT2D eigenvalue weighted by Crippen LogP contribution is 2.19. The molecule has 0 saturated carbocycles. The molecule has 0 N–H and O–H groups in total. The second kappa shape index (κ2) is 5.91. The maximum absolute atomic E-state index is 12.3. The second-order valence-corrected chi connectivity index (χ2v) is 5.08. The summed E-state index contributed by atoms with van der Waals surface area (Å²) in [6, 6.07) is 7.65. The molecule has 0 bridgehead atoms. The summed E-state index contributed by atoms with van der Waals surface area (Å²) in [5.74, 6) is 0.813. The van der Waals surface area contributed by atoms with Crippen molar-refractivity contribution in [1.29, 1.82) is 0 Å². The van der Waals surface area contributed by atoms with E-state index in [0.29, 0.717) is 0 Å². The molecular weight excluding hydrogens is 238 g/mol. The maximum Gasteiger partial charge on any atom is 0.258 e. The molecule has 0 spiro atoms. The molecule has 2 aromatic rings. The van der Waals surface area contributed by atoms with Crippen LogP contribution in [0.2, 0.25) is 0 Å². The molecule has 0 unspecified atom stereocenters. The highest BCUT2D eigenvalue weighted by molar-refractivity contribution is 5.82. The van der Waals surface area contributed by atoms with E-state index in [-0.39, 0.29) is 11.7 Å². The summed E-state index contributed by atoms with van der Waals surface area (Å²) >= 11 is 0. The Morgan fingerprint density at radius 3 is 2.74 bits per heavy atom. The van der Waals surface area contributed by atoms with Gasteiger partial charge in [-0.25, -0.2) is 0 Å². The van der Waals surface area contributed by atoms with E-state index >= 15 is 0 Å². The molecule has 2 rings (SSSR count).